The molecule has 12 heteroatoms. The first-order valence-corrected chi connectivity index (χ1v) is 23.7. The van der Waals surface area contributed by atoms with Crippen molar-refractivity contribution in [2.45, 2.75) is 225 Å². The van der Waals surface area contributed by atoms with Gasteiger partial charge >= 0.3 is 19.8 Å². The Labute approximate surface area is 335 Å². The van der Waals surface area contributed by atoms with Gasteiger partial charge in [0.1, 0.15) is 18.8 Å². The molecule has 0 heterocycles. The highest BCUT2D eigenvalue weighted by atomic mass is 31.2. The molecule has 0 amide bonds. The summed E-state index contributed by atoms with van der Waals surface area (Å²) in [6.07, 6.45) is 33.6. The first-order chi connectivity index (χ1) is 26.7. The van der Waals surface area contributed by atoms with E-state index in [1.54, 1.807) is 0 Å². The molecule has 11 nitrogen and oxygen atoms in total. The number of hydrogen-bond acceptors (Lipinski definition) is 10. The number of rotatable bonds is 42. The van der Waals surface area contributed by atoms with Crippen molar-refractivity contribution in [3.05, 3.63) is 12.2 Å². The molecule has 0 radical (unpaired) electrons. The maximum Gasteiger partial charge on any atom is 0.472 e. The van der Waals surface area contributed by atoms with Gasteiger partial charge < -0.3 is 29.7 Å². The van der Waals surface area contributed by atoms with Crippen LogP contribution in [0.3, 0.4) is 0 Å². The summed E-state index contributed by atoms with van der Waals surface area (Å²) >= 11 is 0. The minimum atomic E-state index is -4.84. The second-order valence-electron chi connectivity index (χ2n) is 15.2. The molecule has 4 N–H and O–H groups in total. The van der Waals surface area contributed by atoms with Gasteiger partial charge in [0.25, 0.3) is 0 Å². The largest absolute Gasteiger partial charge is 0.472 e. The van der Waals surface area contributed by atoms with Crippen LogP contribution >= 0.6 is 7.82 Å². The topological polar surface area (TPSA) is 169 Å². The van der Waals surface area contributed by atoms with Gasteiger partial charge in [-0.2, -0.15) is 0 Å². The average molecular weight is 807 g/mol. The smallest absolute Gasteiger partial charge is 0.462 e. The van der Waals surface area contributed by atoms with Crippen molar-refractivity contribution in [3.63, 3.8) is 0 Å². The molecule has 1 unspecified atom stereocenters. The lowest BCUT2D eigenvalue weighted by Gasteiger charge is -2.24. The van der Waals surface area contributed by atoms with Crippen molar-refractivity contribution >= 4 is 19.8 Å². The van der Waals surface area contributed by atoms with Crippen LogP contribution in [0.2, 0.25) is 0 Å². The second-order valence-corrected chi connectivity index (χ2v) is 16.6. The Balaban J connectivity index is 4.44. The van der Waals surface area contributed by atoms with Crippen LogP contribution in [0.1, 0.15) is 206 Å². The lowest BCUT2D eigenvalue weighted by Crippen LogP contribution is -2.35. The van der Waals surface area contributed by atoms with Gasteiger partial charge in [-0.25, -0.2) is 4.57 Å². The summed E-state index contributed by atoms with van der Waals surface area (Å²) in [5.41, 5.74) is 0. The minimum absolute atomic E-state index is 0.146. The molecular formula is C43H83O11P. The predicted octanol–water partition coefficient (Wildman–Crippen LogP) is 10.6. The molecule has 0 aromatic heterocycles. The molecule has 4 atom stereocenters. The Morgan fingerprint density at radius 3 is 1.38 bits per heavy atom. The molecule has 0 saturated heterocycles. The first kappa shape index (κ1) is 53.7. The highest BCUT2D eigenvalue weighted by Gasteiger charge is 2.32. The van der Waals surface area contributed by atoms with E-state index in [2.05, 4.69) is 26.0 Å². The molecule has 0 fully saturated rings. The highest BCUT2D eigenvalue weighted by Crippen LogP contribution is 2.45. The Kier molecular flexibility index (Phi) is 38.5. The van der Waals surface area contributed by atoms with E-state index in [-0.39, 0.29) is 19.4 Å². The van der Waals surface area contributed by atoms with E-state index in [4.69, 9.17) is 23.6 Å². The molecule has 326 valence electrons. The van der Waals surface area contributed by atoms with Gasteiger partial charge in [0.05, 0.1) is 19.8 Å². The fraction of sp³-hybridized carbons (Fsp3) is 0.907. The maximum absolute atomic E-state index is 12.7. The number of aliphatic hydroxyl groups is 3. The van der Waals surface area contributed by atoms with Gasteiger partial charge in [-0.05, 0) is 38.5 Å². The van der Waals surface area contributed by atoms with Crippen LogP contribution in [0.4, 0.5) is 0 Å². The summed E-state index contributed by atoms with van der Waals surface area (Å²) in [5.74, 6) is -0.993. The van der Waals surface area contributed by atoms with E-state index in [1.165, 1.54) is 109 Å². The molecule has 0 spiro atoms. The summed E-state index contributed by atoms with van der Waals surface area (Å²) in [4.78, 5) is 35.3. The van der Waals surface area contributed by atoms with E-state index in [9.17, 15) is 29.3 Å². The van der Waals surface area contributed by atoms with Gasteiger partial charge in [0, 0.05) is 12.8 Å². The fourth-order valence-corrected chi connectivity index (χ4v) is 7.29. The van der Waals surface area contributed by atoms with Gasteiger partial charge in [0.15, 0.2) is 6.10 Å². The zero-order valence-electron chi connectivity index (χ0n) is 35.0. The number of unbranched alkanes of at least 4 members (excludes halogenated alkanes) is 25. The molecule has 55 heavy (non-hydrogen) atoms. The molecule has 0 saturated carbocycles. The van der Waals surface area contributed by atoms with Crippen molar-refractivity contribution < 1.29 is 52.9 Å². The molecule has 0 aliphatic carbocycles. The van der Waals surface area contributed by atoms with Crippen LogP contribution in [0.5, 0.6) is 0 Å². The molecule has 0 aromatic carbocycles. The van der Waals surface area contributed by atoms with Gasteiger partial charge in [-0.1, -0.05) is 167 Å². The van der Waals surface area contributed by atoms with Crippen LogP contribution < -0.4 is 0 Å². The Hall–Kier alpha value is -1.33. The molecule has 0 bridgehead atoms. The monoisotopic (exact) mass is 807 g/mol. The van der Waals surface area contributed by atoms with Crippen LogP contribution in [0.15, 0.2) is 12.2 Å². The minimum Gasteiger partial charge on any atom is -0.462 e. The molecular weight excluding hydrogens is 723 g/mol. The summed E-state index contributed by atoms with van der Waals surface area (Å²) in [7, 11) is -4.84. The quantitative estimate of drug-likeness (QED) is 0.0200. The number of allylic oxidation sites excluding steroid dienone is 2. The first-order valence-electron chi connectivity index (χ1n) is 22.2. The lowest BCUT2D eigenvalue weighted by atomic mass is 10.0. The van der Waals surface area contributed by atoms with E-state index < -0.39 is 57.9 Å². The lowest BCUT2D eigenvalue weighted by molar-refractivity contribution is -0.161. The summed E-state index contributed by atoms with van der Waals surface area (Å²) in [6.45, 7) is 1.85. The Bertz CT molecular complexity index is 948. The van der Waals surface area contributed by atoms with E-state index in [0.29, 0.717) is 12.8 Å². The fourth-order valence-electron chi connectivity index (χ4n) is 6.32. The highest BCUT2D eigenvalue weighted by molar-refractivity contribution is 7.47. The van der Waals surface area contributed by atoms with Crippen molar-refractivity contribution in [1.82, 2.24) is 0 Å². The third-order valence-corrected chi connectivity index (χ3v) is 10.9. The standard InChI is InChI=1S/C43H83O11P/c1-3-5-7-9-11-13-15-17-19-21-23-25-27-29-31-33-42(47)51-37-39(38-52-55(49,50)54-41(36-45)40(46)35-44)53-43(48)34-32-30-28-26-24-22-20-18-16-14-12-10-8-6-4-2/h16,18,39-41,44-46H,3-15,17,19-38H2,1-2H3,(H,49,50)/t39-,40-,41-/m1/s1. The van der Waals surface area contributed by atoms with Crippen LogP contribution in [-0.4, -0.2) is 76.9 Å². The number of phosphoric ester groups is 1. The van der Waals surface area contributed by atoms with Crippen LogP contribution in [0.25, 0.3) is 0 Å². The number of esters is 2. The van der Waals surface area contributed by atoms with Crippen molar-refractivity contribution in [2.75, 3.05) is 26.4 Å². The third kappa shape index (κ3) is 36.7. The normalized spacial score (nSPS) is 14.5. The van der Waals surface area contributed by atoms with E-state index in [0.717, 1.165) is 57.8 Å². The SMILES string of the molecule is CCCCCCCC=CCCCCCCCCC(=O)O[C@H](COC(=O)CCCCCCCCCCCCCCCCC)COP(=O)(O)O[C@H](CO)[C@H](O)CO. The zero-order chi connectivity index (χ0) is 40.7. The zero-order valence-corrected chi connectivity index (χ0v) is 35.9. The Morgan fingerprint density at radius 2 is 0.964 bits per heavy atom. The maximum atomic E-state index is 12.7. The summed E-state index contributed by atoms with van der Waals surface area (Å²) < 4.78 is 33.1. The van der Waals surface area contributed by atoms with Gasteiger partial charge in [0.2, 0.25) is 0 Å². The summed E-state index contributed by atoms with van der Waals surface area (Å²) in [5, 5.41) is 28.2. The van der Waals surface area contributed by atoms with Crippen molar-refractivity contribution in [3.8, 4) is 0 Å². The van der Waals surface area contributed by atoms with Crippen LogP contribution in [-0.2, 0) is 32.7 Å². The third-order valence-electron chi connectivity index (χ3n) is 9.84. The van der Waals surface area contributed by atoms with Crippen molar-refractivity contribution in [2.24, 2.45) is 0 Å². The van der Waals surface area contributed by atoms with Crippen molar-refractivity contribution in [1.29, 1.82) is 0 Å². The van der Waals surface area contributed by atoms with Crippen LogP contribution in [0, 0.1) is 0 Å². The molecule has 0 aliphatic heterocycles. The molecule has 0 rings (SSSR count). The van der Waals surface area contributed by atoms with E-state index in [1.807, 2.05) is 0 Å². The average Bonchev–Trinajstić information content (AvgIpc) is 3.17. The number of hydrogen-bond donors (Lipinski definition) is 4. The van der Waals surface area contributed by atoms with Gasteiger partial charge in [-0.15, -0.1) is 0 Å². The summed E-state index contributed by atoms with van der Waals surface area (Å²) in [6, 6.07) is 0. The Morgan fingerprint density at radius 1 is 0.564 bits per heavy atom. The predicted molar refractivity (Wildman–Crippen MR) is 221 cm³/mol. The number of ether oxygens (including phenoxy) is 2. The second kappa shape index (κ2) is 39.5. The number of aliphatic hydroxyl groups excluding tert-OH is 3. The number of phosphoric acid groups is 1. The van der Waals surface area contributed by atoms with E-state index >= 15 is 0 Å². The molecule has 0 aliphatic rings. The number of carbonyl (C=O) groups is 2. The molecule has 0 aromatic rings. The van der Waals surface area contributed by atoms with Gasteiger partial charge in [-0.3, -0.25) is 18.6 Å². The number of carbonyl (C=O) groups excluding carboxylic acids is 2.